The molecule has 68 valence electrons. The van der Waals surface area contributed by atoms with Crippen molar-refractivity contribution in [3.8, 4) is 5.75 Å². The smallest absolute Gasteiger partial charge is 0.144 e. The fourth-order valence-electron chi connectivity index (χ4n) is 0.816. The molecule has 0 heterocycles. The van der Waals surface area contributed by atoms with Crippen LogP contribution in [-0.2, 0) is 0 Å². The molecule has 1 N–H and O–H groups in total. The summed E-state index contributed by atoms with van der Waals surface area (Å²) in [5.74, 6) is -0.249. The average molecular weight is 218 g/mol. The number of halogens is 2. The van der Waals surface area contributed by atoms with Crippen LogP contribution < -0.4 is 0 Å². The number of aromatic hydroxyl groups is 1. The fraction of sp³-hybridized carbons (Fsp3) is 0.143. The van der Waals surface area contributed by atoms with Crippen LogP contribution in [0.3, 0.4) is 0 Å². The molecule has 0 atom stereocenters. The molecule has 1 aromatic carbocycles. The maximum Gasteiger partial charge on any atom is 0.144 e. The molecular weight excluding hydrogens is 213 g/mol. The van der Waals surface area contributed by atoms with Gasteiger partial charge in [0.05, 0.1) is 10.7 Å². The highest BCUT2D eigenvalue weighted by atomic mass is 35.5. The highest BCUT2D eigenvalue weighted by Gasteiger charge is 2.10. The third-order valence-corrected chi connectivity index (χ3v) is 2.41. The van der Waals surface area contributed by atoms with E-state index < -0.39 is 0 Å². The second-order valence-corrected chi connectivity index (χ2v) is 3.14. The first-order valence-electron chi connectivity index (χ1n) is 3.30. The van der Waals surface area contributed by atoms with Crippen molar-refractivity contribution in [3.05, 3.63) is 32.1 Å². The van der Waals surface area contributed by atoms with Gasteiger partial charge in [-0.3, -0.25) is 0 Å². The molecule has 6 heteroatoms. The SMILES string of the molecule is Cc1c(Cl)cc(N=[N+]=[N-])c(O)c1Cl. The lowest BCUT2D eigenvalue weighted by atomic mass is 10.2. The van der Waals surface area contributed by atoms with Crippen molar-refractivity contribution < 1.29 is 5.11 Å². The minimum atomic E-state index is -0.249. The maximum absolute atomic E-state index is 9.38. The predicted molar refractivity (Wildman–Crippen MR) is 51.7 cm³/mol. The molecule has 0 unspecified atom stereocenters. The molecule has 0 saturated heterocycles. The Labute approximate surface area is 84.3 Å². The van der Waals surface area contributed by atoms with Crippen LogP contribution in [0.5, 0.6) is 5.75 Å². The van der Waals surface area contributed by atoms with Crippen LogP contribution in [0.25, 0.3) is 10.4 Å². The first kappa shape index (κ1) is 9.99. The van der Waals surface area contributed by atoms with Gasteiger partial charge in [-0.1, -0.05) is 28.3 Å². The number of phenols is 1. The van der Waals surface area contributed by atoms with Gasteiger partial charge in [0.25, 0.3) is 0 Å². The zero-order valence-electron chi connectivity index (χ0n) is 6.62. The lowest BCUT2D eigenvalue weighted by Crippen LogP contribution is -1.79. The third kappa shape index (κ3) is 1.80. The first-order valence-corrected chi connectivity index (χ1v) is 4.06. The Bertz CT molecular complexity index is 399. The van der Waals surface area contributed by atoms with Gasteiger partial charge in [-0.2, -0.15) is 0 Å². The summed E-state index contributed by atoms with van der Waals surface area (Å²) in [7, 11) is 0. The summed E-state index contributed by atoms with van der Waals surface area (Å²) in [4.78, 5) is 2.53. The summed E-state index contributed by atoms with van der Waals surface area (Å²) < 4.78 is 0. The Kier molecular flexibility index (Phi) is 2.88. The van der Waals surface area contributed by atoms with Crippen LogP contribution in [0.15, 0.2) is 11.2 Å². The molecule has 0 saturated carbocycles. The Morgan fingerprint density at radius 2 is 2.15 bits per heavy atom. The van der Waals surface area contributed by atoms with Gasteiger partial charge in [0.1, 0.15) is 5.75 Å². The van der Waals surface area contributed by atoms with Crippen LogP contribution in [-0.4, -0.2) is 5.11 Å². The first-order chi connectivity index (χ1) is 6.07. The molecule has 0 fully saturated rings. The van der Waals surface area contributed by atoms with Gasteiger partial charge in [-0.25, -0.2) is 0 Å². The highest BCUT2D eigenvalue weighted by Crippen LogP contribution is 2.40. The number of hydrogen-bond acceptors (Lipinski definition) is 2. The Balaban J connectivity index is 3.49. The van der Waals surface area contributed by atoms with Gasteiger partial charge in [-0.15, -0.1) is 0 Å². The molecule has 0 aliphatic carbocycles. The van der Waals surface area contributed by atoms with Gasteiger partial charge in [0.15, 0.2) is 0 Å². The van der Waals surface area contributed by atoms with E-state index in [1.165, 1.54) is 6.07 Å². The highest BCUT2D eigenvalue weighted by molar-refractivity contribution is 6.37. The standard InChI is InChI=1S/C7H5Cl2N3O/c1-3-4(8)2-5(11-12-10)7(13)6(3)9/h2,13H,1H3. The topological polar surface area (TPSA) is 69.0 Å². The van der Waals surface area contributed by atoms with Gasteiger partial charge in [-0.05, 0) is 24.1 Å². The number of azide groups is 1. The van der Waals surface area contributed by atoms with E-state index in [1.54, 1.807) is 6.92 Å². The molecule has 13 heavy (non-hydrogen) atoms. The zero-order chi connectivity index (χ0) is 10.0. The van der Waals surface area contributed by atoms with E-state index in [0.29, 0.717) is 10.6 Å². The normalized spacial score (nSPS) is 9.46. The number of hydrogen-bond donors (Lipinski definition) is 1. The van der Waals surface area contributed by atoms with E-state index in [9.17, 15) is 5.11 Å². The molecule has 4 nitrogen and oxygen atoms in total. The van der Waals surface area contributed by atoms with E-state index >= 15 is 0 Å². The monoisotopic (exact) mass is 217 g/mol. The van der Waals surface area contributed by atoms with Crippen LogP contribution in [0, 0.1) is 6.92 Å². The molecule has 0 bridgehead atoms. The number of phenolic OH excluding ortho intramolecular Hbond substituents is 1. The minimum Gasteiger partial charge on any atom is -0.506 e. The van der Waals surface area contributed by atoms with Crippen molar-refractivity contribution in [1.82, 2.24) is 0 Å². The number of rotatable bonds is 1. The third-order valence-electron chi connectivity index (χ3n) is 1.55. The van der Waals surface area contributed by atoms with Gasteiger partial charge < -0.3 is 5.11 Å². The molecule has 0 amide bonds. The second kappa shape index (κ2) is 3.75. The summed E-state index contributed by atoms with van der Waals surface area (Å²) in [6.45, 7) is 1.66. The largest absolute Gasteiger partial charge is 0.506 e. The van der Waals surface area contributed by atoms with Gasteiger partial charge in [0, 0.05) is 9.93 Å². The van der Waals surface area contributed by atoms with Crippen LogP contribution >= 0.6 is 23.2 Å². The second-order valence-electron chi connectivity index (χ2n) is 2.35. The summed E-state index contributed by atoms with van der Waals surface area (Å²) in [6.07, 6.45) is 0. The predicted octanol–water partition coefficient (Wildman–Crippen LogP) is 3.95. The zero-order valence-corrected chi connectivity index (χ0v) is 8.13. The summed E-state index contributed by atoms with van der Waals surface area (Å²) >= 11 is 11.5. The van der Waals surface area contributed by atoms with Crippen molar-refractivity contribution in [3.63, 3.8) is 0 Å². The molecule has 0 spiro atoms. The molecule has 0 aliphatic heterocycles. The van der Waals surface area contributed by atoms with E-state index in [2.05, 4.69) is 10.0 Å². The number of benzene rings is 1. The van der Waals surface area contributed by atoms with Gasteiger partial charge >= 0.3 is 0 Å². The van der Waals surface area contributed by atoms with Crippen LogP contribution in [0.1, 0.15) is 5.56 Å². The van der Waals surface area contributed by atoms with Crippen LogP contribution in [0.4, 0.5) is 5.69 Å². The van der Waals surface area contributed by atoms with Crippen LogP contribution in [0.2, 0.25) is 10.0 Å². The molecular formula is C7H5Cl2N3O. The van der Waals surface area contributed by atoms with Crippen molar-refractivity contribution in [2.45, 2.75) is 6.92 Å². The Morgan fingerprint density at radius 3 is 2.69 bits per heavy atom. The van der Waals surface area contributed by atoms with Gasteiger partial charge in [0.2, 0.25) is 0 Å². The summed E-state index contributed by atoms with van der Waals surface area (Å²) in [5, 5.41) is 13.1. The van der Waals surface area contributed by atoms with E-state index in [4.69, 9.17) is 28.7 Å². The van der Waals surface area contributed by atoms with E-state index in [1.807, 2.05) is 0 Å². The van der Waals surface area contributed by atoms with Crippen molar-refractivity contribution in [2.24, 2.45) is 5.11 Å². The van der Waals surface area contributed by atoms with E-state index in [0.717, 1.165) is 0 Å². The molecule has 0 aliphatic rings. The van der Waals surface area contributed by atoms with Crippen molar-refractivity contribution in [1.29, 1.82) is 0 Å². The lowest BCUT2D eigenvalue weighted by Gasteiger charge is -2.05. The van der Waals surface area contributed by atoms with Crippen molar-refractivity contribution >= 4 is 28.9 Å². The molecule has 0 radical (unpaired) electrons. The molecule has 1 rings (SSSR count). The van der Waals surface area contributed by atoms with E-state index in [-0.39, 0.29) is 16.5 Å². The van der Waals surface area contributed by atoms with Crippen molar-refractivity contribution in [2.75, 3.05) is 0 Å². The quantitative estimate of drug-likeness (QED) is 0.432. The molecule has 1 aromatic rings. The summed E-state index contributed by atoms with van der Waals surface area (Å²) in [5.41, 5.74) is 8.74. The fourth-order valence-corrected chi connectivity index (χ4v) is 1.26. The number of nitrogens with zero attached hydrogens (tertiary/aromatic N) is 3. The maximum atomic E-state index is 9.38. The average Bonchev–Trinajstić information content (AvgIpc) is 2.11. The Hall–Kier alpha value is -1.09. The Morgan fingerprint density at radius 1 is 1.54 bits per heavy atom. The lowest BCUT2D eigenvalue weighted by molar-refractivity contribution is 0.476. The molecule has 0 aromatic heterocycles. The summed E-state index contributed by atoms with van der Waals surface area (Å²) in [6, 6.07) is 1.36. The minimum absolute atomic E-state index is 0.0306.